The van der Waals surface area contributed by atoms with Crippen molar-refractivity contribution in [2.24, 2.45) is 7.05 Å². The SMILES string of the molecule is C=CC(=O)Nc1cc(Nc2ncc(N)c(-c3cn(C)c4ccccc34)n2)c(OC)cc1N(C)CCN(C)C. The van der Waals surface area contributed by atoms with Crippen LogP contribution in [0.2, 0.25) is 0 Å². The molecule has 0 unspecified atom stereocenters. The number of nitrogens with one attached hydrogen (secondary N) is 2. The van der Waals surface area contributed by atoms with E-state index in [0.717, 1.165) is 35.2 Å². The number of nitrogen functional groups attached to an aromatic ring is 1. The highest BCUT2D eigenvalue weighted by Crippen LogP contribution is 2.39. The Kier molecular flexibility index (Phi) is 7.82. The van der Waals surface area contributed by atoms with Crippen LogP contribution in [0.5, 0.6) is 5.75 Å². The van der Waals surface area contributed by atoms with Crippen LogP contribution in [0.15, 0.2) is 61.4 Å². The molecule has 2 aromatic carbocycles. The number of hydrogen-bond acceptors (Lipinski definition) is 8. The number of amides is 1. The van der Waals surface area contributed by atoms with E-state index >= 15 is 0 Å². The van der Waals surface area contributed by atoms with Gasteiger partial charge in [-0.05, 0) is 32.3 Å². The maximum absolute atomic E-state index is 12.2. The van der Waals surface area contributed by atoms with Crippen molar-refractivity contribution in [3.63, 3.8) is 0 Å². The minimum atomic E-state index is -0.314. The van der Waals surface area contributed by atoms with Gasteiger partial charge in [0, 0.05) is 55.9 Å². The normalized spacial score (nSPS) is 11.0. The molecule has 0 spiro atoms. The molecule has 0 aliphatic rings. The van der Waals surface area contributed by atoms with Crippen LogP contribution in [0.1, 0.15) is 0 Å². The first-order chi connectivity index (χ1) is 18.2. The number of carbonyl (C=O) groups is 1. The molecule has 198 valence electrons. The van der Waals surface area contributed by atoms with Crippen molar-refractivity contribution in [3.8, 4) is 17.0 Å². The van der Waals surface area contributed by atoms with Gasteiger partial charge in [0.05, 0.1) is 36.1 Å². The zero-order valence-corrected chi connectivity index (χ0v) is 22.4. The number of hydrogen-bond donors (Lipinski definition) is 3. The van der Waals surface area contributed by atoms with Crippen LogP contribution in [-0.4, -0.2) is 66.7 Å². The molecule has 10 heteroatoms. The lowest BCUT2D eigenvalue weighted by Crippen LogP contribution is -2.29. The average molecular weight is 515 g/mol. The van der Waals surface area contributed by atoms with Crippen LogP contribution < -0.4 is 26.0 Å². The Bertz CT molecular complexity index is 1480. The first-order valence-electron chi connectivity index (χ1n) is 12.2. The number of carbonyl (C=O) groups excluding carboxylic acids is 1. The van der Waals surface area contributed by atoms with Crippen molar-refractivity contribution in [2.45, 2.75) is 0 Å². The van der Waals surface area contributed by atoms with E-state index in [1.165, 1.54) is 6.08 Å². The van der Waals surface area contributed by atoms with Gasteiger partial charge < -0.3 is 35.5 Å². The number of aromatic nitrogens is 3. The summed E-state index contributed by atoms with van der Waals surface area (Å²) in [5.41, 5.74) is 11.4. The van der Waals surface area contributed by atoms with Gasteiger partial charge >= 0.3 is 0 Å². The Hall–Kier alpha value is -4.57. The second-order valence-corrected chi connectivity index (χ2v) is 9.28. The summed E-state index contributed by atoms with van der Waals surface area (Å²) in [6, 6.07) is 11.8. The Balaban J connectivity index is 1.74. The zero-order valence-electron chi connectivity index (χ0n) is 22.4. The van der Waals surface area contributed by atoms with E-state index in [0.29, 0.717) is 34.5 Å². The standard InChI is InChI=1S/C28H34N8O2/c1-7-26(37)31-21-14-22(25(38-6)15-24(21)35(4)13-12-34(2)3)32-28-30-16-20(29)27(33-28)19-17-36(5)23-11-9-8-10-18(19)23/h7-11,14-17H,1,12-13,29H2,2-6H3,(H,31,37)(H,30,32,33). The molecule has 4 rings (SSSR count). The molecule has 4 aromatic rings. The van der Waals surface area contributed by atoms with E-state index in [1.807, 2.05) is 63.2 Å². The van der Waals surface area contributed by atoms with E-state index in [2.05, 4.69) is 38.1 Å². The van der Waals surface area contributed by atoms with Gasteiger partial charge in [-0.2, -0.15) is 0 Å². The first-order valence-corrected chi connectivity index (χ1v) is 12.2. The van der Waals surface area contributed by atoms with Crippen molar-refractivity contribution >= 4 is 45.5 Å². The highest BCUT2D eigenvalue weighted by atomic mass is 16.5. The maximum atomic E-state index is 12.2. The van der Waals surface area contributed by atoms with Gasteiger partial charge in [0.1, 0.15) is 11.4 Å². The van der Waals surface area contributed by atoms with Crippen LogP contribution in [0, 0.1) is 0 Å². The number of likely N-dealkylation sites (N-methyl/N-ethyl adjacent to an activating group) is 2. The minimum absolute atomic E-state index is 0.314. The molecular weight excluding hydrogens is 480 g/mol. The molecule has 0 atom stereocenters. The first kappa shape index (κ1) is 26.5. The fraction of sp³-hybridized carbons (Fsp3) is 0.250. The summed E-state index contributed by atoms with van der Waals surface area (Å²) in [5.74, 6) is 0.598. The Morgan fingerprint density at radius 1 is 1.18 bits per heavy atom. The summed E-state index contributed by atoms with van der Waals surface area (Å²) in [5, 5.41) is 7.20. The zero-order chi connectivity index (χ0) is 27.4. The van der Waals surface area contributed by atoms with Crippen molar-refractivity contribution in [3.05, 3.63) is 61.4 Å². The second kappa shape index (κ2) is 11.2. The number of benzene rings is 2. The number of fused-ring (bicyclic) bond motifs is 1. The lowest BCUT2D eigenvalue weighted by molar-refractivity contribution is -0.111. The van der Waals surface area contributed by atoms with E-state index in [-0.39, 0.29) is 5.91 Å². The summed E-state index contributed by atoms with van der Waals surface area (Å²) in [4.78, 5) is 25.6. The fourth-order valence-electron chi connectivity index (χ4n) is 4.22. The van der Waals surface area contributed by atoms with Gasteiger partial charge in [0.2, 0.25) is 11.9 Å². The van der Waals surface area contributed by atoms with Crippen LogP contribution in [0.3, 0.4) is 0 Å². The van der Waals surface area contributed by atoms with Crippen LogP contribution in [0.25, 0.3) is 22.2 Å². The molecule has 0 saturated carbocycles. The molecule has 0 aliphatic heterocycles. The molecule has 10 nitrogen and oxygen atoms in total. The molecule has 4 N–H and O–H groups in total. The third kappa shape index (κ3) is 5.55. The van der Waals surface area contributed by atoms with E-state index < -0.39 is 0 Å². The number of nitrogens with two attached hydrogens (primary N) is 1. The topological polar surface area (TPSA) is 114 Å². The van der Waals surface area contributed by atoms with Crippen molar-refractivity contribution in [1.82, 2.24) is 19.4 Å². The smallest absolute Gasteiger partial charge is 0.247 e. The monoisotopic (exact) mass is 514 g/mol. The maximum Gasteiger partial charge on any atom is 0.247 e. The van der Waals surface area contributed by atoms with Crippen LogP contribution in [-0.2, 0) is 11.8 Å². The number of nitrogens with zero attached hydrogens (tertiary/aromatic N) is 5. The molecule has 2 heterocycles. The Labute approximate surface area is 222 Å². The van der Waals surface area contributed by atoms with Gasteiger partial charge in [-0.25, -0.2) is 9.97 Å². The molecule has 1 amide bonds. The highest BCUT2D eigenvalue weighted by molar-refractivity contribution is 6.02. The average Bonchev–Trinajstić information content (AvgIpc) is 3.24. The number of methoxy groups -OCH3 is 1. The van der Waals surface area contributed by atoms with Crippen LogP contribution in [0.4, 0.5) is 28.7 Å². The predicted octanol–water partition coefficient (Wildman–Crippen LogP) is 4.09. The van der Waals surface area contributed by atoms with Gasteiger partial charge in [0.15, 0.2) is 0 Å². The Morgan fingerprint density at radius 2 is 1.95 bits per heavy atom. The summed E-state index contributed by atoms with van der Waals surface area (Å²) < 4.78 is 7.75. The third-order valence-electron chi connectivity index (χ3n) is 6.27. The fourth-order valence-corrected chi connectivity index (χ4v) is 4.22. The van der Waals surface area contributed by atoms with E-state index in [9.17, 15) is 4.79 Å². The molecule has 38 heavy (non-hydrogen) atoms. The summed E-state index contributed by atoms with van der Waals surface area (Å²) >= 11 is 0. The van der Waals surface area contributed by atoms with Crippen molar-refractivity contribution < 1.29 is 9.53 Å². The quantitative estimate of drug-likeness (QED) is 0.271. The predicted molar refractivity (Wildman–Crippen MR) is 155 cm³/mol. The number of aryl methyl sites for hydroxylation is 1. The lowest BCUT2D eigenvalue weighted by atomic mass is 10.1. The minimum Gasteiger partial charge on any atom is -0.494 e. The van der Waals surface area contributed by atoms with Crippen molar-refractivity contribution in [2.75, 3.05) is 62.6 Å². The molecule has 0 saturated heterocycles. The summed E-state index contributed by atoms with van der Waals surface area (Å²) in [6.07, 6.45) is 4.83. The third-order valence-corrected chi connectivity index (χ3v) is 6.27. The number of anilines is 5. The van der Waals surface area contributed by atoms with Gasteiger partial charge in [-0.1, -0.05) is 24.8 Å². The van der Waals surface area contributed by atoms with Crippen LogP contribution >= 0.6 is 0 Å². The number of para-hydroxylation sites is 1. The second-order valence-electron chi connectivity index (χ2n) is 9.28. The van der Waals surface area contributed by atoms with Gasteiger partial charge in [-0.15, -0.1) is 0 Å². The molecule has 0 fully saturated rings. The molecule has 0 bridgehead atoms. The molecule has 0 aliphatic carbocycles. The molecular formula is C28H34N8O2. The van der Waals surface area contributed by atoms with Crippen molar-refractivity contribution in [1.29, 1.82) is 0 Å². The summed E-state index contributed by atoms with van der Waals surface area (Å²) in [7, 11) is 9.58. The number of rotatable bonds is 10. The number of ether oxygens (including phenoxy) is 1. The van der Waals surface area contributed by atoms with E-state index in [1.54, 1.807) is 19.4 Å². The Morgan fingerprint density at radius 3 is 2.66 bits per heavy atom. The van der Waals surface area contributed by atoms with Gasteiger partial charge in [0.25, 0.3) is 0 Å². The molecule has 2 aromatic heterocycles. The van der Waals surface area contributed by atoms with E-state index in [4.69, 9.17) is 15.5 Å². The summed E-state index contributed by atoms with van der Waals surface area (Å²) in [6.45, 7) is 5.16. The van der Waals surface area contributed by atoms with Gasteiger partial charge in [-0.3, -0.25) is 4.79 Å². The highest BCUT2D eigenvalue weighted by Gasteiger charge is 2.18. The lowest BCUT2D eigenvalue weighted by Gasteiger charge is -2.26. The largest absolute Gasteiger partial charge is 0.494 e. The molecule has 0 radical (unpaired) electrons.